The molecule has 6 nitrogen and oxygen atoms in total. The van der Waals surface area contributed by atoms with E-state index in [1.807, 2.05) is 0 Å². The maximum atomic E-state index is 12.4. The van der Waals surface area contributed by atoms with Gasteiger partial charge in [-0.25, -0.2) is 0 Å². The Balaban J connectivity index is 1.61. The van der Waals surface area contributed by atoms with Crippen molar-refractivity contribution in [3.63, 3.8) is 0 Å². The molecule has 0 aliphatic carbocycles. The van der Waals surface area contributed by atoms with Crippen LogP contribution in [0.2, 0.25) is 20.1 Å². The second-order valence-electron chi connectivity index (χ2n) is 6.14. The molecule has 0 unspecified atom stereocenters. The van der Waals surface area contributed by atoms with Crippen molar-refractivity contribution in [3.8, 4) is 11.5 Å². The third-order valence-electron chi connectivity index (χ3n) is 3.70. The first-order valence-electron chi connectivity index (χ1n) is 9.15. The SMILES string of the molecule is O=C(COc1ccc(Cl)cc1Cl)OI(OC(=O)COc1ccc(Cl)cc1Cl)c1ccccc1. The van der Waals surface area contributed by atoms with Crippen LogP contribution in [-0.4, -0.2) is 25.2 Å². The van der Waals surface area contributed by atoms with Gasteiger partial charge in [-0.3, -0.25) is 0 Å². The van der Waals surface area contributed by atoms with E-state index >= 15 is 0 Å². The number of halogens is 5. The first-order chi connectivity index (χ1) is 15.8. The molecule has 0 radical (unpaired) electrons. The molecule has 33 heavy (non-hydrogen) atoms. The third kappa shape index (κ3) is 8.12. The van der Waals surface area contributed by atoms with E-state index < -0.39 is 45.8 Å². The zero-order valence-corrected chi connectivity index (χ0v) is 21.8. The van der Waals surface area contributed by atoms with E-state index in [0.717, 1.165) is 0 Å². The van der Waals surface area contributed by atoms with Gasteiger partial charge in [-0.15, -0.1) is 0 Å². The van der Waals surface area contributed by atoms with E-state index in [2.05, 4.69) is 0 Å². The van der Waals surface area contributed by atoms with E-state index in [0.29, 0.717) is 13.6 Å². The summed E-state index contributed by atoms with van der Waals surface area (Å²) in [6, 6.07) is 17.9. The summed E-state index contributed by atoms with van der Waals surface area (Å²) in [5, 5.41) is 1.36. The normalized spacial score (nSPS) is 10.8. The Bertz CT molecular complexity index is 1060. The van der Waals surface area contributed by atoms with E-state index in [-0.39, 0.29) is 21.5 Å². The zero-order valence-electron chi connectivity index (χ0n) is 16.6. The molecule has 0 saturated carbocycles. The van der Waals surface area contributed by atoms with Crippen molar-refractivity contribution in [1.82, 2.24) is 0 Å². The van der Waals surface area contributed by atoms with Gasteiger partial charge < -0.3 is 0 Å². The van der Waals surface area contributed by atoms with Crippen molar-refractivity contribution < 1.29 is 25.2 Å². The van der Waals surface area contributed by atoms with Crippen LogP contribution in [0.5, 0.6) is 11.5 Å². The molecule has 3 aromatic rings. The van der Waals surface area contributed by atoms with Crippen LogP contribution in [0.1, 0.15) is 0 Å². The van der Waals surface area contributed by atoms with Crippen molar-refractivity contribution in [3.05, 3.63) is 90.4 Å². The van der Waals surface area contributed by atoms with Crippen molar-refractivity contribution >= 4 is 79.0 Å². The van der Waals surface area contributed by atoms with Crippen LogP contribution in [0, 0.1) is 3.57 Å². The number of carbonyl (C=O) groups excluding carboxylic acids is 2. The molecule has 3 aromatic carbocycles. The van der Waals surface area contributed by atoms with E-state index in [1.165, 1.54) is 24.3 Å². The molecule has 0 aromatic heterocycles. The number of carbonyl (C=O) groups is 2. The molecule has 0 aliphatic rings. The van der Waals surface area contributed by atoms with Crippen molar-refractivity contribution in [2.75, 3.05) is 13.2 Å². The van der Waals surface area contributed by atoms with Crippen LogP contribution in [-0.2, 0) is 15.7 Å². The summed E-state index contributed by atoms with van der Waals surface area (Å²) >= 11 is 20.6. The summed E-state index contributed by atoms with van der Waals surface area (Å²) in [6.07, 6.45) is 0. The molecule has 0 aliphatic heterocycles. The fourth-order valence-electron chi connectivity index (χ4n) is 2.28. The van der Waals surface area contributed by atoms with Crippen molar-refractivity contribution in [2.45, 2.75) is 0 Å². The summed E-state index contributed by atoms with van der Waals surface area (Å²) < 4.78 is 22.3. The fraction of sp³-hybridized carbons (Fsp3) is 0.0909. The molecule has 3 rings (SSSR count). The molecular weight excluding hydrogens is 629 g/mol. The second-order valence-corrected chi connectivity index (χ2v) is 11.2. The van der Waals surface area contributed by atoms with Gasteiger partial charge in [0.1, 0.15) is 0 Å². The van der Waals surface area contributed by atoms with E-state index in [9.17, 15) is 9.59 Å². The Labute approximate surface area is 218 Å². The van der Waals surface area contributed by atoms with Gasteiger partial charge in [-0.1, -0.05) is 0 Å². The third-order valence-corrected chi connectivity index (χ3v) is 8.28. The van der Waals surface area contributed by atoms with Gasteiger partial charge in [0, 0.05) is 0 Å². The van der Waals surface area contributed by atoms with Crippen LogP contribution in [0.4, 0.5) is 0 Å². The first-order valence-corrected chi connectivity index (χ1v) is 13.5. The van der Waals surface area contributed by atoms with Crippen LogP contribution >= 0.6 is 67.1 Å². The Kier molecular flexibility index (Phi) is 9.76. The molecule has 0 bridgehead atoms. The summed E-state index contributed by atoms with van der Waals surface area (Å²) in [5.74, 6) is -0.902. The number of hydrogen-bond donors (Lipinski definition) is 0. The molecule has 0 N–H and O–H groups in total. The monoisotopic (exact) mass is 642 g/mol. The van der Waals surface area contributed by atoms with Crippen molar-refractivity contribution in [2.24, 2.45) is 0 Å². The van der Waals surface area contributed by atoms with E-state index in [1.54, 1.807) is 42.5 Å². The van der Waals surface area contributed by atoms with Gasteiger partial charge in [-0.2, -0.15) is 0 Å². The van der Waals surface area contributed by atoms with Crippen LogP contribution in [0.15, 0.2) is 66.7 Å². The van der Waals surface area contributed by atoms with Gasteiger partial charge in [0.25, 0.3) is 0 Å². The molecule has 174 valence electrons. The molecule has 0 spiro atoms. The fourth-order valence-corrected chi connectivity index (χ4v) is 5.95. The molecule has 0 saturated heterocycles. The second kappa shape index (κ2) is 12.5. The quantitative estimate of drug-likeness (QED) is 0.233. The number of ether oxygens (including phenoxy) is 2. The number of benzene rings is 3. The van der Waals surface area contributed by atoms with Crippen LogP contribution < -0.4 is 9.47 Å². The Hall–Kier alpha value is -1.91. The summed E-state index contributed by atoms with van der Waals surface area (Å²) in [5.41, 5.74) is 0. The summed E-state index contributed by atoms with van der Waals surface area (Å²) in [7, 11) is 0. The minimum absolute atomic E-state index is 0.248. The zero-order chi connectivity index (χ0) is 23.8. The van der Waals surface area contributed by atoms with Gasteiger partial charge in [-0.05, 0) is 0 Å². The molecule has 0 amide bonds. The number of hydrogen-bond acceptors (Lipinski definition) is 6. The van der Waals surface area contributed by atoms with Crippen LogP contribution in [0.25, 0.3) is 0 Å². The molecule has 11 heteroatoms. The van der Waals surface area contributed by atoms with Gasteiger partial charge in [0.05, 0.1) is 0 Å². The summed E-state index contributed by atoms with van der Waals surface area (Å²) in [4.78, 5) is 24.8. The average Bonchev–Trinajstić information content (AvgIpc) is 2.78. The van der Waals surface area contributed by atoms with E-state index in [4.69, 9.17) is 62.0 Å². The Morgan fingerprint density at radius 1 is 0.667 bits per heavy atom. The standard InChI is InChI=1S/C22H15Cl4IO6/c23-14-6-8-19(17(25)10-14)30-12-21(28)32-27(16-4-2-1-3-5-16)33-22(29)13-31-20-9-7-15(24)11-18(20)26/h1-11H,12-13H2. The van der Waals surface area contributed by atoms with Crippen LogP contribution in [0.3, 0.4) is 0 Å². The average molecular weight is 644 g/mol. The molecule has 0 atom stereocenters. The predicted octanol–water partition coefficient (Wildman–Crippen LogP) is 7.05. The predicted molar refractivity (Wildman–Crippen MR) is 135 cm³/mol. The van der Waals surface area contributed by atoms with Crippen molar-refractivity contribution in [1.29, 1.82) is 0 Å². The van der Waals surface area contributed by atoms with Gasteiger partial charge >= 0.3 is 219 Å². The molecule has 0 heterocycles. The molecular formula is C22H15Cl4IO6. The maximum absolute atomic E-state index is 12.4. The topological polar surface area (TPSA) is 71.1 Å². The Morgan fingerprint density at radius 2 is 1.12 bits per heavy atom. The van der Waals surface area contributed by atoms with Gasteiger partial charge in [0.2, 0.25) is 0 Å². The minimum atomic E-state index is -3.18. The number of rotatable bonds is 9. The Morgan fingerprint density at radius 3 is 1.55 bits per heavy atom. The molecule has 0 fully saturated rings. The summed E-state index contributed by atoms with van der Waals surface area (Å²) in [6.45, 7) is -0.868. The first kappa shape index (κ1) is 25.7. The van der Waals surface area contributed by atoms with Gasteiger partial charge in [0.15, 0.2) is 0 Å².